The minimum atomic E-state index is -0.451. The minimum absolute atomic E-state index is 0.000268. The number of nitro groups is 1. The van der Waals surface area contributed by atoms with Crippen LogP contribution in [0.4, 0.5) is 5.69 Å². The van der Waals surface area contributed by atoms with Gasteiger partial charge in [0.25, 0.3) is 5.69 Å². The summed E-state index contributed by atoms with van der Waals surface area (Å²) in [4.78, 5) is 10.2. The Morgan fingerprint density at radius 2 is 2.17 bits per heavy atom. The molecule has 1 aromatic carbocycles. The van der Waals surface area contributed by atoms with E-state index in [9.17, 15) is 10.1 Å². The van der Waals surface area contributed by atoms with Crippen molar-refractivity contribution >= 4 is 17.3 Å². The molecule has 1 heterocycles. The van der Waals surface area contributed by atoms with Crippen molar-refractivity contribution in [1.82, 2.24) is 5.32 Å². The van der Waals surface area contributed by atoms with Crippen molar-refractivity contribution < 1.29 is 9.66 Å². The van der Waals surface area contributed by atoms with Crippen LogP contribution in [0.15, 0.2) is 18.2 Å². The molecule has 1 N–H and O–H groups in total. The molecule has 0 unspecified atom stereocenters. The Morgan fingerprint density at radius 1 is 1.44 bits per heavy atom. The van der Waals surface area contributed by atoms with E-state index in [0.29, 0.717) is 23.3 Å². The molecule has 1 aliphatic rings. The maximum absolute atomic E-state index is 10.7. The molecule has 0 spiro atoms. The molecular weight excluding hydrogens is 256 g/mol. The fourth-order valence-corrected chi connectivity index (χ4v) is 2.14. The molecule has 6 heteroatoms. The number of nitrogens with zero attached hydrogens (tertiary/aromatic N) is 1. The van der Waals surface area contributed by atoms with Crippen molar-refractivity contribution in [3.63, 3.8) is 0 Å². The number of halogens is 1. The Labute approximate surface area is 110 Å². The summed E-state index contributed by atoms with van der Waals surface area (Å²) >= 11 is 5.96. The van der Waals surface area contributed by atoms with E-state index in [1.165, 1.54) is 18.2 Å². The maximum atomic E-state index is 10.7. The van der Waals surface area contributed by atoms with Crippen molar-refractivity contribution in [2.75, 3.05) is 19.7 Å². The SMILES string of the molecule is O=[N+]([O-])c1ccc(Cl)c(OCC2CCNCC2)c1. The molecule has 0 atom stereocenters. The van der Waals surface area contributed by atoms with Crippen molar-refractivity contribution in [3.05, 3.63) is 33.3 Å². The molecule has 1 fully saturated rings. The van der Waals surface area contributed by atoms with Crippen molar-refractivity contribution in [2.45, 2.75) is 12.8 Å². The molecule has 5 nitrogen and oxygen atoms in total. The van der Waals surface area contributed by atoms with Gasteiger partial charge < -0.3 is 10.1 Å². The molecule has 98 valence electrons. The lowest BCUT2D eigenvalue weighted by molar-refractivity contribution is -0.384. The average molecular weight is 271 g/mol. The van der Waals surface area contributed by atoms with Crippen molar-refractivity contribution in [1.29, 1.82) is 0 Å². The monoisotopic (exact) mass is 270 g/mol. The molecule has 0 aliphatic carbocycles. The topological polar surface area (TPSA) is 64.4 Å². The molecule has 1 saturated heterocycles. The van der Waals surface area contributed by atoms with E-state index < -0.39 is 4.92 Å². The van der Waals surface area contributed by atoms with Crippen LogP contribution in [0.1, 0.15) is 12.8 Å². The normalized spacial score (nSPS) is 16.5. The highest BCUT2D eigenvalue weighted by Crippen LogP contribution is 2.29. The van der Waals surface area contributed by atoms with Crippen LogP contribution >= 0.6 is 11.6 Å². The molecule has 0 amide bonds. The minimum Gasteiger partial charge on any atom is -0.491 e. The van der Waals surface area contributed by atoms with Gasteiger partial charge in [-0.15, -0.1) is 0 Å². The van der Waals surface area contributed by atoms with E-state index in [-0.39, 0.29) is 5.69 Å². The Bertz CT molecular complexity index is 433. The van der Waals surface area contributed by atoms with Crippen LogP contribution < -0.4 is 10.1 Å². The van der Waals surface area contributed by atoms with Crippen molar-refractivity contribution in [2.24, 2.45) is 5.92 Å². The summed E-state index contributed by atoms with van der Waals surface area (Å²) in [7, 11) is 0. The van der Waals surface area contributed by atoms with Crippen LogP contribution in [0.3, 0.4) is 0 Å². The summed E-state index contributed by atoms with van der Waals surface area (Å²) in [5, 5.41) is 14.4. The van der Waals surface area contributed by atoms with Gasteiger partial charge in [-0.1, -0.05) is 11.6 Å². The van der Waals surface area contributed by atoms with E-state index >= 15 is 0 Å². The van der Waals surface area contributed by atoms with Crippen molar-refractivity contribution in [3.8, 4) is 5.75 Å². The third kappa shape index (κ3) is 3.34. The molecule has 1 aliphatic heterocycles. The number of nitrogens with one attached hydrogen (secondary N) is 1. The fraction of sp³-hybridized carbons (Fsp3) is 0.500. The highest BCUT2D eigenvalue weighted by atomic mass is 35.5. The highest BCUT2D eigenvalue weighted by Gasteiger charge is 2.16. The van der Waals surface area contributed by atoms with Gasteiger partial charge in [0, 0.05) is 6.07 Å². The maximum Gasteiger partial charge on any atom is 0.273 e. The summed E-state index contributed by atoms with van der Waals surface area (Å²) in [5.74, 6) is 0.881. The third-order valence-electron chi connectivity index (χ3n) is 3.06. The quantitative estimate of drug-likeness (QED) is 0.675. The highest BCUT2D eigenvalue weighted by molar-refractivity contribution is 6.32. The zero-order valence-corrected chi connectivity index (χ0v) is 10.7. The second-order valence-corrected chi connectivity index (χ2v) is 4.78. The Balaban J connectivity index is 1.99. The third-order valence-corrected chi connectivity index (χ3v) is 3.37. The summed E-state index contributed by atoms with van der Waals surface area (Å²) < 4.78 is 5.60. The second kappa shape index (κ2) is 6.02. The van der Waals surface area contributed by atoms with Gasteiger partial charge in [0.2, 0.25) is 0 Å². The number of nitro benzene ring substituents is 1. The van der Waals surface area contributed by atoms with Gasteiger partial charge in [0.05, 0.1) is 22.6 Å². The standard InChI is InChI=1S/C12H15ClN2O3/c13-11-2-1-10(15(16)17)7-12(11)18-8-9-3-5-14-6-4-9/h1-2,7,9,14H,3-6,8H2. The van der Waals surface area contributed by atoms with Crippen LogP contribution in [-0.2, 0) is 0 Å². The van der Waals surface area contributed by atoms with Crippen LogP contribution in [0, 0.1) is 16.0 Å². The van der Waals surface area contributed by atoms with Gasteiger partial charge in [-0.25, -0.2) is 0 Å². The molecule has 1 aromatic rings. The second-order valence-electron chi connectivity index (χ2n) is 4.38. The molecular formula is C12H15ClN2O3. The first-order chi connectivity index (χ1) is 8.66. The number of hydrogen-bond donors (Lipinski definition) is 1. The molecule has 0 bridgehead atoms. The summed E-state index contributed by atoms with van der Waals surface area (Å²) in [6.07, 6.45) is 2.12. The van der Waals surface area contributed by atoms with Gasteiger partial charge in [0.1, 0.15) is 5.75 Å². The number of ether oxygens (including phenoxy) is 1. The summed E-state index contributed by atoms with van der Waals surface area (Å²) in [6.45, 7) is 2.55. The van der Waals surface area contributed by atoms with Crippen LogP contribution in [0.5, 0.6) is 5.75 Å². The fourth-order valence-electron chi connectivity index (χ4n) is 1.97. The zero-order valence-electron chi connectivity index (χ0n) is 9.89. The van der Waals surface area contributed by atoms with Gasteiger partial charge in [0.15, 0.2) is 0 Å². The van der Waals surface area contributed by atoms with E-state index in [4.69, 9.17) is 16.3 Å². The van der Waals surface area contributed by atoms with Crippen LogP contribution in [0.2, 0.25) is 5.02 Å². The van der Waals surface area contributed by atoms with E-state index in [1.54, 1.807) is 0 Å². The predicted molar refractivity (Wildman–Crippen MR) is 69.2 cm³/mol. The first-order valence-corrected chi connectivity index (χ1v) is 6.32. The predicted octanol–water partition coefficient (Wildman–Crippen LogP) is 2.63. The number of piperidine rings is 1. The number of benzene rings is 1. The average Bonchev–Trinajstić information content (AvgIpc) is 2.38. The lowest BCUT2D eigenvalue weighted by Gasteiger charge is -2.22. The summed E-state index contributed by atoms with van der Waals surface area (Å²) in [6, 6.07) is 4.25. The first kappa shape index (κ1) is 13.1. The Morgan fingerprint density at radius 3 is 2.83 bits per heavy atom. The van der Waals surface area contributed by atoms with Crippen LogP contribution in [0.25, 0.3) is 0 Å². The zero-order chi connectivity index (χ0) is 13.0. The molecule has 18 heavy (non-hydrogen) atoms. The first-order valence-electron chi connectivity index (χ1n) is 5.94. The van der Waals surface area contributed by atoms with Gasteiger partial charge in [-0.3, -0.25) is 10.1 Å². The number of rotatable bonds is 4. The lowest BCUT2D eigenvalue weighted by atomic mass is 9.99. The molecule has 0 radical (unpaired) electrons. The van der Waals surface area contributed by atoms with E-state index in [2.05, 4.69) is 5.32 Å². The Kier molecular flexibility index (Phi) is 4.38. The molecule has 0 saturated carbocycles. The van der Waals surface area contributed by atoms with Gasteiger partial charge >= 0.3 is 0 Å². The number of non-ortho nitro benzene ring substituents is 1. The number of hydrogen-bond acceptors (Lipinski definition) is 4. The van der Waals surface area contributed by atoms with E-state index in [0.717, 1.165) is 25.9 Å². The molecule has 2 rings (SSSR count). The van der Waals surface area contributed by atoms with Crippen LogP contribution in [-0.4, -0.2) is 24.6 Å². The van der Waals surface area contributed by atoms with Gasteiger partial charge in [-0.2, -0.15) is 0 Å². The lowest BCUT2D eigenvalue weighted by Crippen LogP contribution is -2.30. The van der Waals surface area contributed by atoms with Gasteiger partial charge in [-0.05, 0) is 37.9 Å². The Hall–Kier alpha value is -1.33. The smallest absolute Gasteiger partial charge is 0.273 e. The largest absolute Gasteiger partial charge is 0.491 e. The molecule has 0 aromatic heterocycles. The summed E-state index contributed by atoms with van der Waals surface area (Å²) in [5.41, 5.74) is -0.000268. The van der Waals surface area contributed by atoms with E-state index in [1.807, 2.05) is 0 Å².